The number of carbonyl (C=O) groups is 2. The van der Waals surface area contributed by atoms with Gasteiger partial charge in [0.25, 0.3) is 5.91 Å². The van der Waals surface area contributed by atoms with Crippen LogP contribution in [-0.4, -0.2) is 28.8 Å². The smallest absolute Gasteiger partial charge is 0.339 e. The molecule has 0 saturated carbocycles. The number of rotatable bonds is 3. The molecule has 2 rings (SSSR count). The minimum absolute atomic E-state index is 0.310. The summed E-state index contributed by atoms with van der Waals surface area (Å²) in [5, 5.41) is 6.81. The number of amides is 1. The van der Waals surface area contributed by atoms with E-state index in [1.54, 1.807) is 49.1 Å². The normalized spacial score (nSPS) is 10.2. The van der Waals surface area contributed by atoms with Gasteiger partial charge >= 0.3 is 5.97 Å². The standard InChI is InChI=1S/C14H15N3O3/c1-9-11(8-17(2)16-9)13(18)15-12-7-5-4-6-10(12)14(19)20-3/h4-8H,1-3H3,(H,15,18). The van der Waals surface area contributed by atoms with Crippen LogP contribution in [0, 0.1) is 6.92 Å². The van der Waals surface area contributed by atoms with Gasteiger partial charge in [0.05, 0.1) is 29.6 Å². The van der Waals surface area contributed by atoms with E-state index in [1.165, 1.54) is 7.11 Å². The first-order valence-corrected chi connectivity index (χ1v) is 6.02. The average Bonchev–Trinajstić information content (AvgIpc) is 2.77. The van der Waals surface area contributed by atoms with Gasteiger partial charge in [-0.1, -0.05) is 12.1 Å². The highest BCUT2D eigenvalue weighted by Gasteiger charge is 2.16. The molecule has 0 aliphatic rings. The van der Waals surface area contributed by atoms with Crippen LogP contribution in [0.25, 0.3) is 0 Å². The molecule has 0 atom stereocenters. The zero-order valence-electron chi connectivity index (χ0n) is 11.5. The summed E-state index contributed by atoms with van der Waals surface area (Å²) in [6, 6.07) is 6.68. The molecule has 6 heteroatoms. The molecule has 1 amide bonds. The summed E-state index contributed by atoms with van der Waals surface area (Å²) in [5.41, 5.74) is 1.81. The SMILES string of the molecule is COC(=O)c1ccccc1NC(=O)c1cn(C)nc1C. The summed E-state index contributed by atoms with van der Waals surface area (Å²) in [4.78, 5) is 23.8. The Morgan fingerprint density at radius 3 is 2.55 bits per heavy atom. The fraction of sp³-hybridized carbons (Fsp3) is 0.214. The fourth-order valence-corrected chi connectivity index (χ4v) is 1.89. The molecule has 1 aromatic carbocycles. The van der Waals surface area contributed by atoms with E-state index in [0.29, 0.717) is 22.5 Å². The second-order valence-corrected chi connectivity index (χ2v) is 4.29. The molecule has 0 bridgehead atoms. The molecular weight excluding hydrogens is 258 g/mol. The number of benzene rings is 1. The van der Waals surface area contributed by atoms with Crippen LogP contribution >= 0.6 is 0 Å². The molecule has 0 aliphatic carbocycles. The largest absolute Gasteiger partial charge is 0.465 e. The van der Waals surface area contributed by atoms with Gasteiger partial charge in [0.15, 0.2) is 0 Å². The molecule has 1 heterocycles. The molecule has 104 valence electrons. The summed E-state index contributed by atoms with van der Waals surface area (Å²) < 4.78 is 6.25. The van der Waals surface area contributed by atoms with Crippen LogP contribution in [0.3, 0.4) is 0 Å². The Balaban J connectivity index is 2.29. The van der Waals surface area contributed by atoms with Gasteiger partial charge in [0, 0.05) is 13.2 Å². The highest BCUT2D eigenvalue weighted by atomic mass is 16.5. The van der Waals surface area contributed by atoms with Gasteiger partial charge in [-0.15, -0.1) is 0 Å². The van der Waals surface area contributed by atoms with Crippen LogP contribution in [0.5, 0.6) is 0 Å². The number of aryl methyl sites for hydroxylation is 2. The first-order valence-electron chi connectivity index (χ1n) is 6.02. The van der Waals surface area contributed by atoms with Crippen molar-refractivity contribution in [3.05, 3.63) is 47.3 Å². The Bertz CT molecular complexity index is 661. The lowest BCUT2D eigenvalue weighted by Crippen LogP contribution is -2.15. The number of anilines is 1. The van der Waals surface area contributed by atoms with Gasteiger partial charge in [-0.3, -0.25) is 9.48 Å². The van der Waals surface area contributed by atoms with E-state index in [1.807, 2.05) is 0 Å². The van der Waals surface area contributed by atoms with Crippen molar-refractivity contribution >= 4 is 17.6 Å². The first-order chi connectivity index (χ1) is 9.52. The number of carbonyl (C=O) groups excluding carboxylic acids is 2. The molecule has 1 N–H and O–H groups in total. The van der Waals surface area contributed by atoms with Crippen LogP contribution in [0.1, 0.15) is 26.4 Å². The number of hydrogen-bond donors (Lipinski definition) is 1. The van der Waals surface area contributed by atoms with E-state index in [9.17, 15) is 9.59 Å². The summed E-state index contributed by atoms with van der Waals surface area (Å²) in [6.07, 6.45) is 1.63. The number of para-hydroxylation sites is 1. The molecule has 20 heavy (non-hydrogen) atoms. The molecule has 0 radical (unpaired) electrons. The zero-order valence-corrected chi connectivity index (χ0v) is 11.5. The molecule has 6 nitrogen and oxygen atoms in total. The van der Waals surface area contributed by atoms with Crippen molar-refractivity contribution in [2.24, 2.45) is 7.05 Å². The molecule has 0 unspecified atom stereocenters. The molecular formula is C14H15N3O3. The van der Waals surface area contributed by atoms with Crippen LogP contribution in [0.15, 0.2) is 30.5 Å². The predicted octanol–water partition coefficient (Wildman–Crippen LogP) is 1.77. The van der Waals surface area contributed by atoms with Gasteiger partial charge in [0.1, 0.15) is 0 Å². The van der Waals surface area contributed by atoms with Gasteiger partial charge in [-0.25, -0.2) is 4.79 Å². The van der Waals surface area contributed by atoms with Crippen LogP contribution < -0.4 is 5.32 Å². The number of aromatic nitrogens is 2. The molecule has 0 fully saturated rings. The quantitative estimate of drug-likeness (QED) is 0.865. The molecule has 0 aliphatic heterocycles. The molecule has 0 saturated heterocycles. The number of nitrogens with one attached hydrogen (secondary N) is 1. The highest BCUT2D eigenvalue weighted by Crippen LogP contribution is 2.17. The Morgan fingerprint density at radius 2 is 1.95 bits per heavy atom. The summed E-state index contributed by atoms with van der Waals surface area (Å²) in [6.45, 7) is 1.75. The molecule has 0 spiro atoms. The highest BCUT2D eigenvalue weighted by molar-refractivity contribution is 6.08. The molecule has 1 aromatic heterocycles. The van der Waals surface area contributed by atoms with Gasteiger partial charge in [0.2, 0.25) is 0 Å². The van der Waals surface area contributed by atoms with Crippen LogP contribution in [0.2, 0.25) is 0 Å². The number of esters is 1. The predicted molar refractivity (Wildman–Crippen MR) is 73.7 cm³/mol. The van der Waals surface area contributed by atoms with Crippen molar-refractivity contribution in [3.63, 3.8) is 0 Å². The lowest BCUT2D eigenvalue weighted by atomic mass is 10.1. The number of methoxy groups -OCH3 is 1. The van der Waals surface area contributed by atoms with Crippen LogP contribution in [-0.2, 0) is 11.8 Å². The van der Waals surface area contributed by atoms with Gasteiger partial charge < -0.3 is 10.1 Å². The van der Waals surface area contributed by atoms with E-state index in [0.717, 1.165) is 0 Å². The van der Waals surface area contributed by atoms with Gasteiger partial charge in [-0.05, 0) is 19.1 Å². The van der Waals surface area contributed by atoms with Crippen molar-refractivity contribution in [2.75, 3.05) is 12.4 Å². The summed E-state index contributed by atoms with van der Waals surface area (Å²) in [5.74, 6) is -0.809. The minimum Gasteiger partial charge on any atom is -0.465 e. The van der Waals surface area contributed by atoms with Crippen molar-refractivity contribution < 1.29 is 14.3 Å². The molecule has 2 aromatic rings. The Kier molecular flexibility index (Phi) is 3.84. The maximum Gasteiger partial charge on any atom is 0.339 e. The second-order valence-electron chi connectivity index (χ2n) is 4.29. The third-order valence-corrected chi connectivity index (χ3v) is 2.84. The Labute approximate surface area is 116 Å². The second kappa shape index (κ2) is 5.56. The topological polar surface area (TPSA) is 73.2 Å². The first kappa shape index (κ1) is 13.8. The summed E-state index contributed by atoms with van der Waals surface area (Å²) >= 11 is 0. The third kappa shape index (κ3) is 2.69. The number of ether oxygens (including phenoxy) is 1. The Hall–Kier alpha value is -2.63. The third-order valence-electron chi connectivity index (χ3n) is 2.84. The van der Waals surface area contributed by atoms with Crippen molar-refractivity contribution in [1.82, 2.24) is 9.78 Å². The Morgan fingerprint density at radius 1 is 1.25 bits per heavy atom. The van der Waals surface area contributed by atoms with Crippen molar-refractivity contribution in [3.8, 4) is 0 Å². The van der Waals surface area contributed by atoms with Crippen LogP contribution in [0.4, 0.5) is 5.69 Å². The minimum atomic E-state index is -0.496. The van der Waals surface area contributed by atoms with Crippen molar-refractivity contribution in [2.45, 2.75) is 6.92 Å². The lowest BCUT2D eigenvalue weighted by Gasteiger charge is -2.08. The van der Waals surface area contributed by atoms with E-state index in [4.69, 9.17) is 0 Å². The van der Waals surface area contributed by atoms with E-state index >= 15 is 0 Å². The van der Waals surface area contributed by atoms with E-state index in [-0.39, 0.29) is 5.91 Å². The van der Waals surface area contributed by atoms with E-state index in [2.05, 4.69) is 15.2 Å². The summed E-state index contributed by atoms with van der Waals surface area (Å²) in [7, 11) is 3.04. The van der Waals surface area contributed by atoms with Crippen molar-refractivity contribution in [1.29, 1.82) is 0 Å². The maximum absolute atomic E-state index is 12.2. The lowest BCUT2D eigenvalue weighted by molar-refractivity contribution is 0.0602. The number of nitrogens with zero attached hydrogens (tertiary/aromatic N) is 2. The fourth-order valence-electron chi connectivity index (χ4n) is 1.89. The average molecular weight is 273 g/mol. The van der Waals surface area contributed by atoms with Gasteiger partial charge in [-0.2, -0.15) is 5.10 Å². The monoisotopic (exact) mass is 273 g/mol. The maximum atomic E-state index is 12.2. The zero-order chi connectivity index (χ0) is 14.7. The van der Waals surface area contributed by atoms with E-state index < -0.39 is 5.97 Å². The number of hydrogen-bond acceptors (Lipinski definition) is 4.